The van der Waals surface area contributed by atoms with E-state index in [1.54, 1.807) is 33.3 Å². The number of carbonyl (C=O) groups is 2. The summed E-state index contributed by atoms with van der Waals surface area (Å²) in [6, 6.07) is 16.3. The van der Waals surface area contributed by atoms with Crippen molar-refractivity contribution in [2.45, 2.75) is 78.4 Å². The van der Waals surface area contributed by atoms with Crippen molar-refractivity contribution in [3.8, 4) is 28.7 Å². The van der Waals surface area contributed by atoms with Crippen molar-refractivity contribution in [1.29, 1.82) is 0 Å². The maximum atomic E-state index is 13.1. The van der Waals surface area contributed by atoms with Crippen LogP contribution in [0.2, 0.25) is 0 Å². The van der Waals surface area contributed by atoms with Gasteiger partial charge in [-0.1, -0.05) is 52.0 Å². The van der Waals surface area contributed by atoms with E-state index in [0.29, 0.717) is 36.3 Å². The zero-order valence-electron chi connectivity index (χ0n) is 29.9. The Morgan fingerprint density at radius 2 is 1.20 bits per heavy atom. The highest BCUT2D eigenvalue weighted by molar-refractivity contribution is 5.79. The number of nitrogens with one attached hydrogen (secondary N) is 1. The van der Waals surface area contributed by atoms with Crippen LogP contribution in [0.5, 0.6) is 28.7 Å². The molecule has 2 aliphatic rings. The highest BCUT2D eigenvalue weighted by Gasteiger charge is 2.41. The Labute approximate surface area is 292 Å². The fraction of sp³-hybridized carbons (Fsp3) is 0.474. The van der Waals surface area contributed by atoms with Gasteiger partial charge in [0.2, 0.25) is 11.8 Å². The van der Waals surface area contributed by atoms with Crippen molar-refractivity contribution in [1.82, 2.24) is 10.2 Å². The second-order valence-electron chi connectivity index (χ2n) is 14.1. The summed E-state index contributed by atoms with van der Waals surface area (Å²) in [7, 11) is 6.40. The van der Waals surface area contributed by atoms with Crippen LogP contribution in [-0.4, -0.2) is 51.5 Å². The number of piperidine rings is 2. The molecule has 1 N–H and O–H groups in total. The first kappa shape index (κ1) is 38.2. The van der Waals surface area contributed by atoms with Crippen molar-refractivity contribution in [3.63, 3.8) is 0 Å². The van der Waals surface area contributed by atoms with Gasteiger partial charge in [0.1, 0.15) is 28.7 Å². The number of halogens is 3. The lowest BCUT2D eigenvalue weighted by molar-refractivity contribution is -0.274. The third-order valence-electron chi connectivity index (χ3n) is 8.93. The van der Waals surface area contributed by atoms with Crippen molar-refractivity contribution in [3.05, 3.63) is 77.4 Å². The van der Waals surface area contributed by atoms with E-state index in [2.05, 4.69) is 23.9 Å². The molecular formula is C38H47F3N2O7. The first-order valence-corrected chi connectivity index (χ1v) is 16.3. The molecule has 2 heterocycles. The lowest BCUT2D eigenvalue weighted by Gasteiger charge is -2.44. The van der Waals surface area contributed by atoms with Gasteiger partial charge in [0.25, 0.3) is 0 Å². The standard InChI is InChI=1S/C23H26F3NO4.C15H21NO3/c1-22(2)12-17(21-18(29-3)6-5-7-19(21)30-4)27(20(28)13-22)14-15-8-10-16(11-9-15)31-23(24,25)26;1-15(2)8-10(16-13(17)9-15)14-11(18-3)6-5-7-12(14)19-4/h5-11,17H,12-14H2,1-4H3;5-7,10H,8-9H2,1-4H3,(H,16,17). The van der Waals surface area contributed by atoms with Crippen LogP contribution in [0.3, 0.4) is 0 Å². The Morgan fingerprint density at radius 1 is 0.720 bits per heavy atom. The van der Waals surface area contributed by atoms with Crippen LogP contribution in [-0.2, 0) is 16.1 Å². The normalized spacial score (nSPS) is 19.8. The minimum atomic E-state index is -4.75. The zero-order valence-corrected chi connectivity index (χ0v) is 29.9. The second-order valence-corrected chi connectivity index (χ2v) is 14.1. The molecule has 0 aliphatic carbocycles. The molecule has 2 aliphatic heterocycles. The smallest absolute Gasteiger partial charge is 0.496 e. The summed E-state index contributed by atoms with van der Waals surface area (Å²) in [5, 5.41) is 3.04. The van der Waals surface area contributed by atoms with Gasteiger partial charge in [-0.15, -0.1) is 13.2 Å². The van der Waals surface area contributed by atoms with E-state index in [1.807, 2.05) is 50.2 Å². The van der Waals surface area contributed by atoms with E-state index in [0.717, 1.165) is 29.0 Å². The number of alkyl halides is 3. The van der Waals surface area contributed by atoms with Crippen LogP contribution in [0, 0.1) is 10.8 Å². The van der Waals surface area contributed by atoms with Gasteiger partial charge in [0.15, 0.2) is 0 Å². The van der Waals surface area contributed by atoms with Crippen LogP contribution in [0.4, 0.5) is 13.2 Å². The third-order valence-corrected chi connectivity index (χ3v) is 8.93. The van der Waals surface area contributed by atoms with Gasteiger partial charge in [-0.25, -0.2) is 0 Å². The molecule has 2 unspecified atom stereocenters. The number of rotatable bonds is 9. The van der Waals surface area contributed by atoms with Crippen molar-refractivity contribution >= 4 is 11.8 Å². The van der Waals surface area contributed by atoms with E-state index >= 15 is 0 Å². The highest BCUT2D eigenvalue weighted by Crippen LogP contribution is 2.48. The summed E-state index contributed by atoms with van der Waals surface area (Å²) < 4.78 is 63.2. The Hall–Kier alpha value is -4.61. The summed E-state index contributed by atoms with van der Waals surface area (Å²) in [4.78, 5) is 26.7. The molecule has 272 valence electrons. The number of likely N-dealkylation sites (tertiary alicyclic amines) is 1. The second kappa shape index (κ2) is 15.5. The molecule has 2 fully saturated rings. The maximum Gasteiger partial charge on any atom is 0.573 e. The maximum absolute atomic E-state index is 13.1. The van der Waals surface area contributed by atoms with Gasteiger partial charge in [0.05, 0.1) is 51.6 Å². The summed E-state index contributed by atoms with van der Waals surface area (Å²) in [6.45, 7) is 8.55. The summed E-state index contributed by atoms with van der Waals surface area (Å²) in [5.74, 6) is 2.48. The number of hydrogen-bond acceptors (Lipinski definition) is 7. The molecule has 0 saturated carbocycles. The zero-order chi connectivity index (χ0) is 36.9. The molecule has 50 heavy (non-hydrogen) atoms. The van der Waals surface area contributed by atoms with E-state index in [-0.39, 0.29) is 47.0 Å². The Balaban J connectivity index is 0.000000252. The monoisotopic (exact) mass is 700 g/mol. The summed E-state index contributed by atoms with van der Waals surface area (Å²) >= 11 is 0. The third kappa shape index (κ3) is 9.54. The minimum Gasteiger partial charge on any atom is -0.496 e. The van der Waals surface area contributed by atoms with Crippen LogP contribution >= 0.6 is 0 Å². The number of carbonyl (C=O) groups excluding carboxylic acids is 2. The van der Waals surface area contributed by atoms with Crippen LogP contribution in [0.25, 0.3) is 0 Å². The van der Waals surface area contributed by atoms with Crippen LogP contribution in [0.1, 0.15) is 82.2 Å². The van der Waals surface area contributed by atoms with E-state index in [4.69, 9.17) is 18.9 Å². The van der Waals surface area contributed by atoms with Crippen LogP contribution < -0.4 is 29.0 Å². The first-order chi connectivity index (χ1) is 23.5. The number of hydrogen-bond donors (Lipinski definition) is 1. The fourth-order valence-electron chi connectivity index (χ4n) is 6.80. The van der Waals surface area contributed by atoms with E-state index < -0.39 is 6.36 Å². The highest BCUT2D eigenvalue weighted by atomic mass is 19.4. The molecule has 2 atom stereocenters. The van der Waals surface area contributed by atoms with Gasteiger partial charge < -0.3 is 33.9 Å². The predicted molar refractivity (Wildman–Crippen MR) is 182 cm³/mol. The largest absolute Gasteiger partial charge is 0.573 e. The molecule has 0 spiro atoms. The Morgan fingerprint density at radius 3 is 1.66 bits per heavy atom. The van der Waals surface area contributed by atoms with Gasteiger partial charge in [-0.05, 0) is 65.6 Å². The first-order valence-electron chi connectivity index (χ1n) is 16.3. The number of amides is 2. The Bertz CT molecular complexity index is 1600. The van der Waals surface area contributed by atoms with Crippen molar-refractivity contribution in [2.24, 2.45) is 10.8 Å². The molecule has 3 aromatic rings. The molecule has 2 saturated heterocycles. The number of nitrogens with zero attached hydrogens (tertiary/aromatic N) is 1. The lowest BCUT2D eigenvalue weighted by Crippen LogP contribution is -2.44. The van der Waals surface area contributed by atoms with Gasteiger partial charge in [0, 0.05) is 19.4 Å². The molecule has 0 radical (unpaired) electrons. The number of benzene rings is 3. The summed E-state index contributed by atoms with van der Waals surface area (Å²) in [6.07, 6.45) is -2.27. The Kier molecular flexibility index (Phi) is 11.9. The predicted octanol–water partition coefficient (Wildman–Crippen LogP) is 8.17. The molecular weight excluding hydrogens is 653 g/mol. The summed E-state index contributed by atoms with van der Waals surface area (Å²) in [5.41, 5.74) is 2.16. The molecule has 5 rings (SSSR count). The minimum absolute atomic E-state index is 0.0150. The molecule has 0 aromatic heterocycles. The van der Waals surface area contributed by atoms with Crippen LogP contribution in [0.15, 0.2) is 60.7 Å². The lowest BCUT2D eigenvalue weighted by atomic mass is 9.76. The topological polar surface area (TPSA) is 95.6 Å². The van der Waals surface area contributed by atoms with Crippen molar-refractivity contribution in [2.75, 3.05) is 28.4 Å². The SMILES string of the molecule is COc1cccc(OC)c1C1CC(C)(C)CC(=O)N1.COc1cccc(OC)c1C1CC(C)(C)CC(=O)N1Cc1ccc(OC(F)(F)F)cc1. The average molecular weight is 701 g/mol. The quantitative estimate of drug-likeness (QED) is 0.241. The van der Waals surface area contributed by atoms with Crippen molar-refractivity contribution < 1.29 is 46.4 Å². The fourth-order valence-corrected chi connectivity index (χ4v) is 6.80. The van der Waals surface area contributed by atoms with Gasteiger partial charge >= 0.3 is 6.36 Å². The van der Waals surface area contributed by atoms with E-state index in [9.17, 15) is 22.8 Å². The van der Waals surface area contributed by atoms with Gasteiger partial charge in [-0.2, -0.15) is 0 Å². The number of methoxy groups -OCH3 is 4. The molecule has 12 heteroatoms. The van der Waals surface area contributed by atoms with E-state index in [1.165, 1.54) is 24.3 Å². The molecule has 0 bridgehead atoms. The van der Waals surface area contributed by atoms with Gasteiger partial charge in [-0.3, -0.25) is 9.59 Å². The molecule has 2 amide bonds. The average Bonchev–Trinajstić information content (AvgIpc) is 3.04. The molecule has 9 nitrogen and oxygen atoms in total. The number of ether oxygens (including phenoxy) is 5. The molecule has 3 aromatic carbocycles.